The number of fused-ring (bicyclic) bond motifs is 2. The third-order valence-corrected chi connectivity index (χ3v) is 6.88. The number of carbonyl (C=O) groups excluding carboxylic acids is 2. The van der Waals surface area contributed by atoms with Crippen LogP contribution in [0.1, 0.15) is 29.5 Å². The molecular formula is C25H37B2IN3O5-. The van der Waals surface area contributed by atoms with E-state index in [9.17, 15) is 9.82 Å². The molecule has 196 valence electrons. The summed E-state index contributed by atoms with van der Waals surface area (Å²) in [7, 11) is 2.37. The van der Waals surface area contributed by atoms with Gasteiger partial charge in [-0.15, -0.1) is 13.2 Å². The van der Waals surface area contributed by atoms with E-state index in [-0.39, 0.29) is 18.9 Å². The van der Waals surface area contributed by atoms with E-state index in [0.717, 1.165) is 55.2 Å². The summed E-state index contributed by atoms with van der Waals surface area (Å²) in [6.07, 6.45) is 4.42. The molecule has 0 saturated carbocycles. The Morgan fingerprint density at radius 2 is 2.00 bits per heavy atom. The maximum atomic E-state index is 10.4. The van der Waals surface area contributed by atoms with Crippen LogP contribution in [0.2, 0.25) is 6.32 Å². The molecule has 2 aromatic rings. The molecule has 0 bridgehead atoms. The number of primary amides is 1. The molecule has 6 N–H and O–H groups in total. The van der Waals surface area contributed by atoms with E-state index < -0.39 is 21.6 Å². The van der Waals surface area contributed by atoms with Gasteiger partial charge in [-0.3, -0.25) is 9.59 Å². The Labute approximate surface area is 226 Å². The quantitative estimate of drug-likeness (QED) is 0.106. The predicted octanol–water partition coefficient (Wildman–Crippen LogP) is -3.51. The second-order valence-corrected chi connectivity index (χ2v) is 9.93. The van der Waals surface area contributed by atoms with Crippen LogP contribution in [0.3, 0.4) is 0 Å². The van der Waals surface area contributed by atoms with E-state index in [1.165, 1.54) is 22.2 Å². The Balaban J connectivity index is 0.000000247. The van der Waals surface area contributed by atoms with Gasteiger partial charge >= 0.3 is 90.0 Å². The van der Waals surface area contributed by atoms with E-state index in [4.69, 9.17) is 18.6 Å². The molecular weight excluding hydrogens is 571 g/mol. The van der Waals surface area contributed by atoms with Crippen molar-refractivity contribution in [3.63, 3.8) is 0 Å². The van der Waals surface area contributed by atoms with Crippen LogP contribution >= 0.6 is 0 Å². The van der Waals surface area contributed by atoms with Crippen LogP contribution in [-0.2, 0) is 27.3 Å². The summed E-state index contributed by atoms with van der Waals surface area (Å²) in [5, 5.41) is 14.8. The Hall–Kier alpha value is -2.18. The van der Waals surface area contributed by atoms with Gasteiger partial charge in [-0.25, -0.2) is 0 Å². The minimum absolute atomic E-state index is 0.0463. The van der Waals surface area contributed by atoms with Crippen molar-refractivity contribution >= 4 is 37.6 Å². The standard InChI is InChI=1S/C8H9BIO2.C8H9BO.C5H10N2O.C2H5NO.C2H4/c11-9-4-3-6-1-2-7(10-12)5-8(6)9;1-6-2-3-7-5-10-9-8(7)4-6;6-5(8)4-2-1-3-7-4;1-3-2-4;1-2/h1-2,5,11-12H,3-4H2;2-4,9H,5H2,1H3;4,7H,1-3H2,(H2,6,8);2H,1H3,(H,3,4);1-2H2/q-1;;;;. The van der Waals surface area contributed by atoms with E-state index >= 15 is 0 Å². The van der Waals surface area contributed by atoms with Crippen LogP contribution in [0.25, 0.3) is 0 Å². The number of hydrogen-bond acceptors (Lipinski definition) is 6. The fourth-order valence-corrected chi connectivity index (χ4v) is 4.65. The van der Waals surface area contributed by atoms with Crippen molar-refractivity contribution in [2.75, 3.05) is 13.6 Å². The fourth-order valence-electron chi connectivity index (χ4n) is 3.83. The molecule has 8 nitrogen and oxygen atoms in total. The average molecular weight is 608 g/mol. The summed E-state index contributed by atoms with van der Waals surface area (Å²) < 4.78 is 15.2. The van der Waals surface area contributed by atoms with Gasteiger partial charge in [0.05, 0.1) is 12.6 Å². The van der Waals surface area contributed by atoms with Gasteiger partial charge < -0.3 is 21.0 Å². The van der Waals surface area contributed by atoms with Gasteiger partial charge in [-0.2, -0.15) is 0 Å². The Morgan fingerprint density at radius 3 is 2.56 bits per heavy atom. The van der Waals surface area contributed by atoms with Gasteiger partial charge in [-0.1, -0.05) is 23.8 Å². The average Bonchev–Trinajstić information content (AvgIpc) is 3.68. The van der Waals surface area contributed by atoms with Crippen molar-refractivity contribution in [3.05, 3.63) is 69.8 Å². The molecule has 1 fully saturated rings. The van der Waals surface area contributed by atoms with Gasteiger partial charge in [0.1, 0.15) is 0 Å². The van der Waals surface area contributed by atoms with Crippen molar-refractivity contribution in [2.45, 2.75) is 45.2 Å². The van der Waals surface area contributed by atoms with E-state index in [0.29, 0.717) is 6.41 Å². The first-order valence-electron chi connectivity index (χ1n) is 11.8. The van der Waals surface area contributed by atoms with Crippen molar-refractivity contribution < 1.29 is 44.3 Å². The third-order valence-electron chi connectivity index (χ3n) is 5.65. The molecule has 0 radical (unpaired) electrons. The van der Waals surface area contributed by atoms with Crippen LogP contribution in [0.5, 0.6) is 0 Å². The molecule has 0 spiro atoms. The van der Waals surface area contributed by atoms with Crippen molar-refractivity contribution in [1.82, 2.24) is 10.6 Å². The summed E-state index contributed by atoms with van der Waals surface area (Å²) in [5.74, 6) is -0.220. The molecule has 3 heterocycles. The molecule has 11 heteroatoms. The number of halogens is 1. The monoisotopic (exact) mass is 608 g/mol. The zero-order valence-electron chi connectivity index (χ0n) is 21.1. The van der Waals surface area contributed by atoms with Gasteiger partial charge in [0.15, 0.2) is 0 Å². The van der Waals surface area contributed by atoms with Crippen LogP contribution in [-0.4, -0.2) is 54.8 Å². The van der Waals surface area contributed by atoms with Gasteiger partial charge in [0.25, 0.3) is 0 Å². The molecule has 2 amide bonds. The molecule has 2 aromatic carbocycles. The fraction of sp³-hybridized carbons (Fsp3) is 0.360. The molecule has 36 heavy (non-hydrogen) atoms. The van der Waals surface area contributed by atoms with Crippen molar-refractivity contribution in [3.8, 4) is 0 Å². The first kappa shape index (κ1) is 31.8. The van der Waals surface area contributed by atoms with Gasteiger partial charge in [0, 0.05) is 7.05 Å². The molecule has 1 saturated heterocycles. The molecule has 3 aliphatic rings. The predicted molar refractivity (Wildman–Crippen MR) is 143 cm³/mol. The molecule has 0 aliphatic carbocycles. The van der Waals surface area contributed by atoms with E-state index in [2.05, 4.69) is 48.9 Å². The number of amides is 2. The Kier molecular flexibility index (Phi) is 16.0. The minimum atomic E-state index is -0.829. The van der Waals surface area contributed by atoms with Crippen LogP contribution in [0, 0.1) is 10.5 Å². The third kappa shape index (κ3) is 10.8. The number of carbonyl (C=O) groups is 2. The van der Waals surface area contributed by atoms with Crippen molar-refractivity contribution in [2.24, 2.45) is 5.73 Å². The second-order valence-electron chi connectivity index (χ2n) is 8.20. The van der Waals surface area contributed by atoms with Crippen LogP contribution in [0.15, 0.2) is 49.6 Å². The number of hydrogen-bond donors (Lipinski definition) is 5. The summed E-state index contributed by atoms with van der Waals surface area (Å²) >= 11 is -0.829. The summed E-state index contributed by atoms with van der Waals surface area (Å²) in [5.41, 5.74) is 11.3. The molecule has 0 aromatic heterocycles. The SMILES string of the molecule is C=C.CNC=O.Cc1ccc2c(c1)BOC2.NC(=O)C1CCCN1.O[I-]c1ccc2c(c1)B(O)CC2. The first-order chi connectivity index (χ1) is 17.4. The number of nitrogens with one attached hydrogen (secondary N) is 2. The second kappa shape index (κ2) is 18.1. The molecule has 3 aliphatic heterocycles. The number of nitrogens with two attached hydrogens (primary N) is 1. The number of aryl methyl sites for hydroxylation is 2. The van der Waals surface area contributed by atoms with E-state index in [1.54, 1.807) is 7.05 Å². The summed E-state index contributed by atoms with van der Waals surface area (Å²) in [4.78, 5) is 19.4. The van der Waals surface area contributed by atoms with Crippen LogP contribution < -0.4 is 48.9 Å². The zero-order valence-corrected chi connectivity index (χ0v) is 23.3. The molecule has 1 unspecified atom stereocenters. The van der Waals surface area contributed by atoms with Gasteiger partial charge in [-0.05, 0) is 37.3 Å². The first-order valence-corrected chi connectivity index (χ1v) is 13.8. The van der Waals surface area contributed by atoms with E-state index in [1.807, 2.05) is 18.2 Å². The van der Waals surface area contributed by atoms with Crippen molar-refractivity contribution in [1.29, 1.82) is 0 Å². The number of benzene rings is 2. The molecule has 1 atom stereocenters. The Bertz CT molecular complexity index is 961. The maximum absolute atomic E-state index is 10.4. The normalized spacial score (nSPS) is 16.1. The molecule has 5 rings (SSSR count). The Morgan fingerprint density at radius 1 is 1.31 bits per heavy atom. The number of rotatable bonds is 3. The summed E-state index contributed by atoms with van der Waals surface area (Å²) in [6, 6.07) is 12.4. The topological polar surface area (TPSA) is 134 Å². The van der Waals surface area contributed by atoms with Crippen LogP contribution in [0.4, 0.5) is 0 Å². The zero-order chi connectivity index (χ0) is 26.9. The summed E-state index contributed by atoms with van der Waals surface area (Å²) in [6.45, 7) is 9.55. The van der Waals surface area contributed by atoms with Gasteiger partial charge in [0.2, 0.25) is 12.3 Å².